The molecule has 2 heterocycles. The highest BCUT2D eigenvalue weighted by molar-refractivity contribution is 5.25. The van der Waals surface area contributed by atoms with E-state index >= 15 is 0 Å². The van der Waals surface area contributed by atoms with Crippen LogP contribution in [0, 0.1) is 0 Å². The number of aromatic amines is 1. The Hall–Kier alpha value is -1.72. The van der Waals surface area contributed by atoms with E-state index in [1.54, 1.807) is 0 Å². The molecule has 0 saturated carbocycles. The first-order valence-electron chi connectivity index (χ1n) is 8.68. The smallest absolute Gasteiger partial charge is 0.110 e. The van der Waals surface area contributed by atoms with Crippen LogP contribution in [0.5, 0.6) is 0 Å². The number of hydrogen-bond donors (Lipinski definition) is 3. The lowest BCUT2D eigenvalue weighted by atomic mass is 9.89. The van der Waals surface area contributed by atoms with Gasteiger partial charge in [0.1, 0.15) is 5.82 Å². The number of rotatable bonds is 7. The van der Waals surface area contributed by atoms with E-state index in [-0.39, 0.29) is 0 Å². The van der Waals surface area contributed by atoms with Crippen molar-refractivity contribution < 1.29 is 0 Å². The van der Waals surface area contributed by atoms with Gasteiger partial charge >= 0.3 is 0 Å². The van der Waals surface area contributed by atoms with Gasteiger partial charge in [0.05, 0.1) is 5.69 Å². The summed E-state index contributed by atoms with van der Waals surface area (Å²) < 4.78 is 0. The predicted octanol–water partition coefficient (Wildman–Crippen LogP) is 2.68. The molecule has 3 atom stereocenters. The summed E-state index contributed by atoms with van der Waals surface area (Å²) in [5.41, 5.74) is 8.36. The summed E-state index contributed by atoms with van der Waals surface area (Å²) in [4.78, 5) is 12.3. The molecule has 5 nitrogen and oxygen atoms in total. The SMILES string of the molecule is CC(c1ncc[nH]1)C(CCCN)NC1CCCc2cccnc21. The Bertz CT molecular complexity index is 595. The zero-order valence-corrected chi connectivity index (χ0v) is 13.8. The Morgan fingerprint density at radius 2 is 2.30 bits per heavy atom. The van der Waals surface area contributed by atoms with Crippen LogP contribution < -0.4 is 11.1 Å². The molecule has 124 valence electrons. The molecule has 1 aliphatic rings. The second-order valence-corrected chi connectivity index (χ2v) is 6.46. The Balaban J connectivity index is 1.76. The number of fused-ring (bicyclic) bond motifs is 1. The lowest BCUT2D eigenvalue weighted by molar-refractivity contribution is 0.333. The van der Waals surface area contributed by atoms with Gasteiger partial charge < -0.3 is 16.0 Å². The van der Waals surface area contributed by atoms with Crippen molar-refractivity contribution in [1.29, 1.82) is 0 Å². The fourth-order valence-corrected chi connectivity index (χ4v) is 3.56. The fourth-order valence-electron chi connectivity index (χ4n) is 3.56. The zero-order valence-electron chi connectivity index (χ0n) is 13.8. The number of pyridine rings is 1. The number of hydrogen-bond acceptors (Lipinski definition) is 4. The predicted molar refractivity (Wildman–Crippen MR) is 92.1 cm³/mol. The number of H-pyrrole nitrogens is 1. The summed E-state index contributed by atoms with van der Waals surface area (Å²) in [5.74, 6) is 1.36. The monoisotopic (exact) mass is 313 g/mol. The minimum atomic E-state index is 0.325. The van der Waals surface area contributed by atoms with Gasteiger partial charge in [0.2, 0.25) is 0 Å². The van der Waals surface area contributed by atoms with Crippen molar-refractivity contribution in [2.75, 3.05) is 6.54 Å². The molecule has 3 rings (SSSR count). The standard InChI is InChI=1S/C18H27N5/c1-13(18-21-11-12-22-18)15(8-3-9-19)23-16-7-2-5-14-6-4-10-20-17(14)16/h4,6,10-13,15-16,23H,2-3,5,7-9,19H2,1H3,(H,21,22). The van der Waals surface area contributed by atoms with E-state index in [0.29, 0.717) is 18.0 Å². The summed E-state index contributed by atoms with van der Waals surface area (Å²) in [6.07, 6.45) is 11.2. The molecule has 0 spiro atoms. The van der Waals surface area contributed by atoms with Gasteiger partial charge in [0, 0.05) is 36.6 Å². The Kier molecular flexibility index (Phi) is 5.41. The molecule has 2 aromatic rings. The lowest BCUT2D eigenvalue weighted by Crippen LogP contribution is -2.39. The van der Waals surface area contributed by atoms with E-state index in [4.69, 9.17) is 5.73 Å². The lowest BCUT2D eigenvalue weighted by Gasteiger charge is -2.32. The maximum Gasteiger partial charge on any atom is 0.110 e. The molecule has 0 bridgehead atoms. The van der Waals surface area contributed by atoms with Crippen LogP contribution in [0.2, 0.25) is 0 Å². The molecule has 0 radical (unpaired) electrons. The maximum absolute atomic E-state index is 5.74. The van der Waals surface area contributed by atoms with Gasteiger partial charge in [-0.15, -0.1) is 0 Å². The summed E-state index contributed by atoms with van der Waals surface area (Å²) >= 11 is 0. The third-order valence-electron chi connectivity index (χ3n) is 4.88. The fraction of sp³-hybridized carbons (Fsp3) is 0.556. The van der Waals surface area contributed by atoms with Crippen LogP contribution in [0.25, 0.3) is 0 Å². The van der Waals surface area contributed by atoms with Gasteiger partial charge in [0.15, 0.2) is 0 Å². The molecule has 0 aliphatic heterocycles. The minimum Gasteiger partial charge on any atom is -0.348 e. The molecular formula is C18H27N5. The van der Waals surface area contributed by atoms with Gasteiger partial charge in [-0.1, -0.05) is 13.0 Å². The third kappa shape index (κ3) is 3.79. The van der Waals surface area contributed by atoms with Gasteiger partial charge in [0.25, 0.3) is 0 Å². The number of aromatic nitrogens is 3. The van der Waals surface area contributed by atoms with Crippen molar-refractivity contribution in [1.82, 2.24) is 20.3 Å². The second kappa shape index (κ2) is 7.70. The average Bonchev–Trinajstić information content (AvgIpc) is 3.12. The number of aryl methyl sites for hydroxylation is 1. The van der Waals surface area contributed by atoms with Crippen LogP contribution in [-0.2, 0) is 6.42 Å². The maximum atomic E-state index is 5.74. The molecule has 5 heteroatoms. The van der Waals surface area contributed by atoms with Crippen molar-refractivity contribution in [3.05, 3.63) is 47.8 Å². The first-order valence-corrected chi connectivity index (χ1v) is 8.68. The number of nitrogens with two attached hydrogens (primary N) is 1. The van der Waals surface area contributed by atoms with E-state index in [1.165, 1.54) is 17.7 Å². The van der Waals surface area contributed by atoms with Gasteiger partial charge in [-0.2, -0.15) is 0 Å². The zero-order chi connectivity index (χ0) is 16.1. The van der Waals surface area contributed by atoms with Crippen molar-refractivity contribution in [2.24, 2.45) is 5.73 Å². The van der Waals surface area contributed by atoms with Crippen LogP contribution >= 0.6 is 0 Å². The highest BCUT2D eigenvalue weighted by Crippen LogP contribution is 2.30. The Morgan fingerprint density at radius 3 is 3.09 bits per heavy atom. The van der Waals surface area contributed by atoms with E-state index in [0.717, 1.165) is 38.1 Å². The van der Waals surface area contributed by atoms with E-state index < -0.39 is 0 Å². The Morgan fingerprint density at radius 1 is 1.39 bits per heavy atom. The van der Waals surface area contributed by atoms with E-state index in [2.05, 4.69) is 33.3 Å². The topological polar surface area (TPSA) is 79.6 Å². The van der Waals surface area contributed by atoms with Crippen LogP contribution in [-0.4, -0.2) is 27.5 Å². The molecule has 0 amide bonds. The van der Waals surface area contributed by atoms with Crippen LogP contribution in [0.1, 0.15) is 61.6 Å². The molecule has 2 aromatic heterocycles. The van der Waals surface area contributed by atoms with Crippen molar-refractivity contribution in [2.45, 2.75) is 57.0 Å². The van der Waals surface area contributed by atoms with Crippen molar-refractivity contribution >= 4 is 0 Å². The van der Waals surface area contributed by atoms with Crippen molar-refractivity contribution in [3.8, 4) is 0 Å². The van der Waals surface area contributed by atoms with Crippen molar-refractivity contribution in [3.63, 3.8) is 0 Å². The molecule has 23 heavy (non-hydrogen) atoms. The molecular weight excluding hydrogens is 286 g/mol. The quantitative estimate of drug-likeness (QED) is 0.734. The summed E-state index contributed by atoms with van der Waals surface area (Å²) in [5, 5.41) is 3.86. The number of nitrogens with one attached hydrogen (secondary N) is 2. The van der Waals surface area contributed by atoms with Crippen LogP contribution in [0.15, 0.2) is 30.7 Å². The molecule has 1 aliphatic carbocycles. The minimum absolute atomic E-state index is 0.325. The molecule has 4 N–H and O–H groups in total. The number of nitrogens with zero attached hydrogens (tertiary/aromatic N) is 2. The molecule has 0 aromatic carbocycles. The van der Waals surface area contributed by atoms with Crippen LogP contribution in [0.3, 0.4) is 0 Å². The second-order valence-electron chi connectivity index (χ2n) is 6.46. The summed E-state index contributed by atoms with van der Waals surface area (Å²) in [6, 6.07) is 4.93. The highest BCUT2D eigenvalue weighted by Gasteiger charge is 2.27. The number of imidazole rings is 1. The van der Waals surface area contributed by atoms with Gasteiger partial charge in [-0.3, -0.25) is 4.98 Å². The summed E-state index contributed by atoms with van der Waals surface area (Å²) in [6.45, 7) is 2.96. The van der Waals surface area contributed by atoms with Crippen LogP contribution in [0.4, 0.5) is 0 Å². The summed E-state index contributed by atoms with van der Waals surface area (Å²) in [7, 11) is 0. The third-order valence-corrected chi connectivity index (χ3v) is 4.88. The molecule has 0 fully saturated rings. The highest BCUT2D eigenvalue weighted by atomic mass is 15.0. The van der Waals surface area contributed by atoms with E-state index in [1.807, 2.05) is 24.7 Å². The molecule has 3 unspecified atom stereocenters. The van der Waals surface area contributed by atoms with Gasteiger partial charge in [-0.25, -0.2) is 4.98 Å². The largest absolute Gasteiger partial charge is 0.348 e. The normalized spacial score (nSPS) is 20.0. The van der Waals surface area contributed by atoms with Gasteiger partial charge in [-0.05, 0) is 50.3 Å². The van der Waals surface area contributed by atoms with E-state index in [9.17, 15) is 0 Å². The Labute approximate surface area is 138 Å². The average molecular weight is 313 g/mol. The molecule has 0 saturated heterocycles. The first kappa shape index (κ1) is 16.1. The first-order chi connectivity index (χ1) is 11.3.